The molecule has 0 bridgehead atoms. The minimum atomic E-state index is -1.06. The number of aryl methyl sites for hydroxylation is 2. The van der Waals surface area contributed by atoms with Gasteiger partial charge in [-0.1, -0.05) is 212 Å². The third-order valence-electron chi connectivity index (χ3n) is 15.3. The molecule has 0 unspecified atom stereocenters. The van der Waals surface area contributed by atoms with E-state index in [0.29, 0.717) is 7.48 Å². The molecule has 0 aliphatic rings. The fourth-order valence-electron chi connectivity index (χ4n) is 10.2. The summed E-state index contributed by atoms with van der Waals surface area (Å²) in [7, 11) is 0.318. The first-order valence-corrected chi connectivity index (χ1v) is 26.5. The van der Waals surface area contributed by atoms with Crippen molar-refractivity contribution >= 4 is 12.9 Å². The van der Waals surface area contributed by atoms with Gasteiger partial charge in [0.25, 0.3) is 0 Å². The Bertz CT molecular complexity index is 3640. The van der Waals surface area contributed by atoms with E-state index >= 15 is 0 Å². The number of benzene rings is 9. The summed E-state index contributed by atoms with van der Waals surface area (Å²) in [5.41, 5.74) is 23.7. The largest absolute Gasteiger partial charge is 0.427 e. The predicted molar refractivity (Wildman–Crippen MR) is 324 cm³/mol. The minimum Gasteiger partial charge on any atom is -0.427 e. The van der Waals surface area contributed by atoms with Gasteiger partial charge in [-0.25, -0.2) is 0 Å². The molecular formula is C72H61BN2O2. The molecule has 0 radical (unpaired) electrons. The van der Waals surface area contributed by atoms with Gasteiger partial charge in [-0.15, -0.1) is 0 Å². The van der Waals surface area contributed by atoms with Crippen molar-refractivity contribution in [1.29, 1.82) is 0 Å². The molecule has 0 spiro atoms. The molecular weight excluding hydrogens is 936 g/mol. The van der Waals surface area contributed by atoms with Crippen LogP contribution in [0.3, 0.4) is 0 Å². The maximum absolute atomic E-state index is 11.1. The molecule has 0 aliphatic heterocycles. The Kier molecular flexibility index (Phi) is 14.1. The smallest absolute Gasteiger partial charge is 0.309 e. The Hall–Kier alpha value is -8.74. The Morgan fingerprint density at radius 3 is 1.05 bits per heavy atom. The van der Waals surface area contributed by atoms with Crippen LogP contribution in [0.5, 0.6) is 0 Å². The van der Waals surface area contributed by atoms with E-state index in [1.807, 2.05) is 38.4 Å². The van der Waals surface area contributed by atoms with Crippen LogP contribution in [0.25, 0.3) is 112 Å². The SMILES string of the molecule is Cc1cc(-c2ccc(-c3ccccc3-c3cc(BOC(C)(C)C(C)(C)O)cc(-c4ccccc4-c4ccc(-c5cc(C)c(-c6cccc(-c7ccccc7)c6)cn5)cc4)c3)cc2)ncc1-c1cccc(-c2ccccc2)c1. The van der Waals surface area contributed by atoms with Crippen LogP contribution in [-0.2, 0) is 4.65 Å². The van der Waals surface area contributed by atoms with Crippen molar-refractivity contribution in [2.75, 3.05) is 0 Å². The molecule has 0 amide bonds. The molecule has 77 heavy (non-hydrogen) atoms. The monoisotopic (exact) mass is 996 g/mol. The van der Waals surface area contributed by atoms with Gasteiger partial charge in [0.15, 0.2) is 0 Å². The lowest BCUT2D eigenvalue weighted by Crippen LogP contribution is -2.49. The standard InChI is InChI=1S/C72H61BN2O2/c1-48-39-69(74-46-67(48)58-25-17-23-56(41-58)50-19-9-7-10-20-50)54-35-31-52(32-36-54)63-27-13-15-29-65(63)60-43-61(45-62(44-60)73-77-72(5,6)71(3,4)76)66-30-16-14-28-64(66)53-33-37-55(38-34-53)70-40-49(2)68(47-75-70)59-26-18-24-57(42-59)51-21-11-8-12-22-51/h7-47,73,76H,1-6H3. The first-order valence-electron chi connectivity index (χ1n) is 26.5. The summed E-state index contributed by atoms with van der Waals surface area (Å²) in [5, 5.41) is 11.1. The molecule has 2 aromatic heterocycles. The summed E-state index contributed by atoms with van der Waals surface area (Å²) in [6.45, 7) is 11.8. The highest BCUT2D eigenvalue weighted by Gasteiger charge is 2.35. The zero-order valence-electron chi connectivity index (χ0n) is 44.6. The van der Waals surface area contributed by atoms with Crippen molar-refractivity contribution < 1.29 is 9.76 Å². The Morgan fingerprint density at radius 2 is 0.662 bits per heavy atom. The van der Waals surface area contributed by atoms with E-state index in [-0.39, 0.29) is 0 Å². The zero-order chi connectivity index (χ0) is 53.1. The van der Waals surface area contributed by atoms with Crippen molar-refractivity contribution in [2.45, 2.75) is 52.7 Å². The average molecular weight is 997 g/mol. The summed E-state index contributed by atoms with van der Waals surface area (Å²) >= 11 is 0. The highest BCUT2D eigenvalue weighted by atomic mass is 16.5. The number of hydrogen-bond acceptors (Lipinski definition) is 4. The summed E-state index contributed by atoms with van der Waals surface area (Å²) in [4.78, 5) is 9.99. The summed E-state index contributed by atoms with van der Waals surface area (Å²) < 4.78 is 6.57. The maximum Gasteiger partial charge on any atom is 0.309 e. The lowest BCUT2D eigenvalue weighted by molar-refractivity contribution is -0.0893. The van der Waals surface area contributed by atoms with Crippen molar-refractivity contribution in [3.8, 4) is 112 Å². The number of rotatable bonds is 14. The molecule has 9 aromatic carbocycles. The molecule has 1 N–H and O–H groups in total. The second kappa shape index (κ2) is 21.5. The molecule has 5 heteroatoms. The molecule has 11 aromatic rings. The topological polar surface area (TPSA) is 55.2 Å². The van der Waals surface area contributed by atoms with Gasteiger partial charge in [-0.2, -0.15) is 0 Å². The van der Waals surface area contributed by atoms with Crippen LogP contribution < -0.4 is 5.46 Å². The normalized spacial score (nSPS) is 11.6. The fraction of sp³-hybridized carbons (Fsp3) is 0.111. The number of aromatic nitrogens is 2. The van der Waals surface area contributed by atoms with Gasteiger partial charge in [0.05, 0.1) is 22.6 Å². The third-order valence-corrected chi connectivity index (χ3v) is 15.3. The van der Waals surface area contributed by atoms with Crippen LogP contribution in [0.15, 0.2) is 249 Å². The van der Waals surface area contributed by atoms with Crippen molar-refractivity contribution in [3.05, 3.63) is 260 Å². The van der Waals surface area contributed by atoms with Gasteiger partial charge in [-0.05, 0) is 161 Å². The van der Waals surface area contributed by atoms with Gasteiger partial charge in [-0.3, -0.25) is 9.97 Å². The predicted octanol–water partition coefficient (Wildman–Crippen LogP) is 17.3. The van der Waals surface area contributed by atoms with Crippen LogP contribution in [0.2, 0.25) is 0 Å². The van der Waals surface area contributed by atoms with E-state index in [9.17, 15) is 5.11 Å². The fourth-order valence-corrected chi connectivity index (χ4v) is 10.2. The molecule has 4 nitrogen and oxygen atoms in total. The highest BCUT2D eigenvalue weighted by molar-refractivity contribution is 6.47. The van der Waals surface area contributed by atoms with Crippen LogP contribution in [0.1, 0.15) is 38.8 Å². The first kappa shape index (κ1) is 50.4. The van der Waals surface area contributed by atoms with E-state index in [1.54, 1.807) is 13.8 Å². The molecule has 0 fully saturated rings. The van der Waals surface area contributed by atoms with Crippen LogP contribution in [0.4, 0.5) is 0 Å². The molecule has 374 valence electrons. The van der Waals surface area contributed by atoms with Gasteiger partial charge < -0.3 is 9.76 Å². The summed E-state index contributed by atoms with van der Waals surface area (Å²) in [6.07, 6.45) is 4.01. The number of pyridine rings is 2. The average Bonchev–Trinajstić information content (AvgIpc) is 3.48. The number of aliphatic hydroxyl groups is 1. The quantitative estimate of drug-likeness (QED) is 0.110. The Morgan fingerprint density at radius 1 is 0.325 bits per heavy atom. The van der Waals surface area contributed by atoms with E-state index in [0.717, 1.165) is 94.7 Å². The van der Waals surface area contributed by atoms with Crippen LogP contribution >= 0.6 is 0 Å². The zero-order valence-corrected chi connectivity index (χ0v) is 44.6. The second-order valence-electron chi connectivity index (χ2n) is 21.2. The molecule has 2 heterocycles. The van der Waals surface area contributed by atoms with Crippen LogP contribution in [-0.4, -0.2) is 33.8 Å². The molecule has 0 atom stereocenters. The molecule has 0 saturated carbocycles. The van der Waals surface area contributed by atoms with E-state index in [2.05, 4.69) is 238 Å². The van der Waals surface area contributed by atoms with E-state index < -0.39 is 11.2 Å². The minimum absolute atomic E-state index is 0.318. The van der Waals surface area contributed by atoms with Crippen LogP contribution in [0, 0.1) is 13.8 Å². The van der Waals surface area contributed by atoms with Crippen molar-refractivity contribution in [3.63, 3.8) is 0 Å². The molecule has 11 rings (SSSR count). The van der Waals surface area contributed by atoms with Gasteiger partial charge in [0.2, 0.25) is 0 Å². The number of hydrogen-bond donors (Lipinski definition) is 1. The second-order valence-corrected chi connectivity index (χ2v) is 21.2. The van der Waals surface area contributed by atoms with E-state index in [4.69, 9.17) is 14.6 Å². The Labute approximate surface area is 454 Å². The van der Waals surface area contributed by atoms with Gasteiger partial charge in [0.1, 0.15) is 0 Å². The lowest BCUT2D eigenvalue weighted by Gasteiger charge is -2.37. The summed E-state index contributed by atoms with van der Waals surface area (Å²) in [6, 6.07) is 84.3. The Balaban J connectivity index is 0.895. The molecule has 0 saturated heterocycles. The molecule has 0 aliphatic carbocycles. The van der Waals surface area contributed by atoms with Gasteiger partial charge >= 0.3 is 7.48 Å². The first-order chi connectivity index (χ1) is 37.3. The van der Waals surface area contributed by atoms with E-state index in [1.165, 1.54) is 33.4 Å². The number of nitrogens with zero attached hydrogens (tertiary/aromatic N) is 2. The summed E-state index contributed by atoms with van der Waals surface area (Å²) in [5.74, 6) is 0. The van der Waals surface area contributed by atoms with Crippen molar-refractivity contribution in [2.24, 2.45) is 0 Å². The lowest BCUT2D eigenvalue weighted by atomic mass is 9.79. The maximum atomic E-state index is 11.1. The van der Waals surface area contributed by atoms with Crippen molar-refractivity contribution in [1.82, 2.24) is 9.97 Å². The highest BCUT2D eigenvalue weighted by Crippen LogP contribution is 2.39. The third kappa shape index (κ3) is 10.9. The van der Waals surface area contributed by atoms with Gasteiger partial charge in [0, 0.05) is 34.6 Å².